The highest BCUT2D eigenvalue weighted by Crippen LogP contribution is 2.28. The van der Waals surface area contributed by atoms with E-state index in [9.17, 15) is 0 Å². The molecule has 0 bridgehead atoms. The third kappa shape index (κ3) is 1.69. The normalized spacial score (nSPS) is 16.5. The number of halogens is 1. The summed E-state index contributed by atoms with van der Waals surface area (Å²) >= 11 is 5.84. The molecule has 0 radical (unpaired) electrons. The van der Waals surface area contributed by atoms with Crippen molar-refractivity contribution >= 4 is 11.6 Å². The SMILES string of the molecule is Cc1c(Cl)nnc(OC2CCC2)c1C. The molecule has 1 aliphatic carbocycles. The van der Waals surface area contributed by atoms with Gasteiger partial charge in [0, 0.05) is 5.56 Å². The fourth-order valence-corrected chi connectivity index (χ4v) is 1.49. The number of aromatic nitrogens is 2. The van der Waals surface area contributed by atoms with E-state index in [0.717, 1.165) is 24.0 Å². The Balaban J connectivity index is 2.20. The third-order valence-electron chi connectivity index (χ3n) is 2.75. The van der Waals surface area contributed by atoms with Crippen molar-refractivity contribution in [2.45, 2.75) is 39.2 Å². The highest BCUT2D eigenvalue weighted by molar-refractivity contribution is 6.30. The molecule has 1 aromatic rings. The van der Waals surface area contributed by atoms with Crippen molar-refractivity contribution in [2.75, 3.05) is 0 Å². The van der Waals surface area contributed by atoms with Crippen molar-refractivity contribution in [3.63, 3.8) is 0 Å². The quantitative estimate of drug-likeness (QED) is 0.756. The van der Waals surface area contributed by atoms with E-state index in [1.54, 1.807) is 0 Å². The van der Waals surface area contributed by atoms with E-state index < -0.39 is 0 Å². The molecule has 0 atom stereocenters. The van der Waals surface area contributed by atoms with Crippen molar-refractivity contribution in [1.29, 1.82) is 0 Å². The first-order valence-corrected chi connectivity index (χ1v) is 5.22. The van der Waals surface area contributed by atoms with E-state index in [4.69, 9.17) is 16.3 Å². The highest BCUT2D eigenvalue weighted by Gasteiger charge is 2.21. The lowest BCUT2D eigenvalue weighted by molar-refractivity contribution is 0.112. The molecule has 0 aromatic carbocycles. The predicted octanol–water partition coefficient (Wildman–Crippen LogP) is 2.68. The van der Waals surface area contributed by atoms with Gasteiger partial charge in [0.1, 0.15) is 6.10 Å². The number of rotatable bonds is 2. The minimum Gasteiger partial charge on any atom is -0.473 e. The van der Waals surface area contributed by atoms with Crippen LogP contribution in [0.5, 0.6) is 5.88 Å². The Morgan fingerprint density at radius 1 is 1.21 bits per heavy atom. The van der Waals surface area contributed by atoms with Gasteiger partial charge in [-0.25, -0.2) is 0 Å². The number of hydrogen-bond donors (Lipinski definition) is 0. The first-order chi connectivity index (χ1) is 6.68. The molecule has 1 aromatic heterocycles. The molecule has 0 spiro atoms. The lowest BCUT2D eigenvalue weighted by Crippen LogP contribution is -2.25. The summed E-state index contributed by atoms with van der Waals surface area (Å²) in [7, 11) is 0. The standard InChI is InChI=1S/C10H13ClN2O/c1-6-7(2)10(13-12-9(6)11)14-8-4-3-5-8/h8H,3-5H2,1-2H3. The molecular weight excluding hydrogens is 200 g/mol. The lowest BCUT2D eigenvalue weighted by Gasteiger charge is -2.26. The second-order valence-electron chi connectivity index (χ2n) is 3.72. The molecule has 2 rings (SSSR count). The summed E-state index contributed by atoms with van der Waals surface area (Å²) in [5, 5.41) is 8.26. The Bertz CT molecular complexity index is 350. The summed E-state index contributed by atoms with van der Waals surface area (Å²) in [6.07, 6.45) is 3.85. The van der Waals surface area contributed by atoms with Crippen molar-refractivity contribution in [1.82, 2.24) is 10.2 Å². The van der Waals surface area contributed by atoms with Crippen LogP contribution in [0.3, 0.4) is 0 Å². The molecule has 0 aliphatic heterocycles. The lowest BCUT2D eigenvalue weighted by atomic mass is 9.96. The van der Waals surface area contributed by atoms with Gasteiger partial charge in [0.05, 0.1) is 0 Å². The summed E-state index contributed by atoms with van der Waals surface area (Å²) < 4.78 is 5.68. The second kappa shape index (κ2) is 3.73. The predicted molar refractivity (Wildman–Crippen MR) is 54.8 cm³/mol. The maximum atomic E-state index is 5.84. The van der Waals surface area contributed by atoms with Gasteiger partial charge in [-0.3, -0.25) is 0 Å². The van der Waals surface area contributed by atoms with Crippen molar-refractivity contribution < 1.29 is 4.74 Å². The average Bonchev–Trinajstić information content (AvgIpc) is 2.10. The van der Waals surface area contributed by atoms with E-state index in [-0.39, 0.29) is 0 Å². The summed E-state index contributed by atoms with van der Waals surface area (Å²) in [4.78, 5) is 0. The van der Waals surface area contributed by atoms with Gasteiger partial charge in [0.25, 0.3) is 0 Å². The van der Waals surface area contributed by atoms with E-state index in [2.05, 4.69) is 10.2 Å². The number of nitrogens with zero attached hydrogens (tertiary/aromatic N) is 2. The largest absolute Gasteiger partial charge is 0.473 e. The van der Waals surface area contributed by atoms with Crippen LogP contribution >= 0.6 is 11.6 Å². The van der Waals surface area contributed by atoms with E-state index >= 15 is 0 Å². The van der Waals surface area contributed by atoms with Crippen LogP contribution in [0.15, 0.2) is 0 Å². The average molecular weight is 213 g/mol. The summed E-state index contributed by atoms with van der Waals surface area (Å²) in [6, 6.07) is 0. The molecule has 0 unspecified atom stereocenters. The smallest absolute Gasteiger partial charge is 0.237 e. The molecule has 1 fully saturated rings. The van der Waals surface area contributed by atoms with Crippen LogP contribution in [-0.4, -0.2) is 16.3 Å². The van der Waals surface area contributed by atoms with Crippen LogP contribution in [0.2, 0.25) is 5.15 Å². The zero-order valence-corrected chi connectivity index (χ0v) is 9.14. The van der Waals surface area contributed by atoms with Gasteiger partial charge in [0.15, 0.2) is 5.15 Å². The van der Waals surface area contributed by atoms with Crippen LogP contribution in [-0.2, 0) is 0 Å². The molecule has 1 aliphatic rings. The second-order valence-corrected chi connectivity index (χ2v) is 4.07. The minimum atomic E-state index is 0.337. The topological polar surface area (TPSA) is 35.0 Å². The van der Waals surface area contributed by atoms with Gasteiger partial charge >= 0.3 is 0 Å². The molecule has 0 amide bonds. The molecule has 4 heteroatoms. The number of hydrogen-bond acceptors (Lipinski definition) is 3. The van der Waals surface area contributed by atoms with Crippen LogP contribution in [0.4, 0.5) is 0 Å². The molecule has 14 heavy (non-hydrogen) atoms. The van der Waals surface area contributed by atoms with Gasteiger partial charge < -0.3 is 4.74 Å². The fraction of sp³-hybridized carbons (Fsp3) is 0.600. The van der Waals surface area contributed by atoms with Gasteiger partial charge in [-0.1, -0.05) is 11.6 Å². The van der Waals surface area contributed by atoms with Crippen LogP contribution in [0.1, 0.15) is 30.4 Å². The Kier molecular flexibility index (Phi) is 2.59. The maximum absolute atomic E-state index is 5.84. The molecule has 1 saturated carbocycles. The molecule has 0 N–H and O–H groups in total. The zero-order valence-electron chi connectivity index (χ0n) is 8.38. The Hall–Kier alpha value is -0.830. The van der Waals surface area contributed by atoms with Crippen molar-refractivity contribution in [3.05, 3.63) is 16.3 Å². The van der Waals surface area contributed by atoms with Crippen molar-refractivity contribution in [3.8, 4) is 5.88 Å². The first kappa shape index (κ1) is 9.71. The molecule has 3 nitrogen and oxygen atoms in total. The Labute approximate surface area is 88.4 Å². The first-order valence-electron chi connectivity index (χ1n) is 4.84. The summed E-state index contributed by atoms with van der Waals surface area (Å²) in [5.74, 6) is 0.636. The van der Waals surface area contributed by atoms with Gasteiger partial charge in [-0.15, -0.1) is 10.2 Å². The van der Waals surface area contributed by atoms with E-state index in [0.29, 0.717) is 17.1 Å². The molecule has 1 heterocycles. The van der Waals surface area contributed by atoms with E-state index in [1.807, 2.05) is 13.8 Å². The van der Waals surface area contributed by atoms with Gasteiger partial charge in [0.2, 0.25) is 5.88 Å². The molecule has 0 saturated heterocycles. The molecular formula is C10H13ClN2O. The third-order valence-corrected chi connectivity index (χ3v) is 3.11. The fourth-order valence-electron chi connectivity index (χ4n) is 1.31. The van der Waals surface area contributed by atoms with Gasteiger partial charge in [-0.05, 0) is 38.7 Å². The van der Waals surface area contributed by atoms with Crippen LogP contribution in [0, 0.1) is 13.8 Å². The monoisotopic (exact) mass is 212 g/mol. The summed E-state index contributed by atoms with van der Waals surface area (Å²) in [5.41, 5.74) is 1.95. The summed E-state index contributed by atoms with van der Waals surface area (Å²) in [6.45, 7) is 3.89. The highest BCUT2D eigenvalue weighted by atomic mass is 35.5. The maximum Gasteiger partial charge on any atom is 0.237 e. The number of ether oxygens (including phenoxy) is 1. The Morgan fingerprint density at radius 2 is 1.93 bits per heavy atom. The minimum absolute atomic E-state index is 0.337. The van der Waals surface area contributed by atoms with Gasteiger partial charge in [-0.2, -0.15) is 0 Å². The van der Waals surface area contributed by atoms with Crippen LogP contribution < -0.4 is 4.74 Å². The van der Waals surface area contributed by atoms with Crippen LogP contribution in [0.25, 0.3) is 0 Å². The molecule has 76 valence electrons. The Morgan fingerprint density at radius 3 is 2.50 bits per heavy atom. The zero-order chi connectivity index (χ0) is 10.1. The van der Waals surface area contributed by atoms with Crippen molar-refractivity contribution in [2.24, 2.45) is 0 Å². The van der Waals surface area contributed by atoms with E-state index in [1.165, 1.54) is 6.42 Å².